The number of amides is 1. The average Bonchev–Trinajstić information content (AvgIpc) is 3.29. The van der Waals surface area contributed by atoms with Gasteiger partial charge in [0.05, 0.1) is 18.4 Å². The van der Waals surface area contributed by atoms with Gasteiger partial charge in [-0.25, -0.2) is 0 Å². The molecule has 5 nitrogen and oxygen atoms in total. The number of rotatable bonds is 6. The third kappa shape index (κ3) is 3.06. The average molecular weight is 361 g/mol. The summed E-state index contributed by atoms with van der Waals surface area (Å²) in [6.07, 6.45) is 1.70. The number of benzene rings is 2. The Balaban J connectivity index is 1.62. The van der Waals surface area contributed by atoms with Crippen LogP contribution in [0.4, 0.5) is 5.69 Å². The Morgan fingerprint density at radius 3 is 2.48 bits per heavy atom. The summed E-state index contributed by atoms with van der Waals surface area (Å²) in [5.41, 5.74) is 0.331. The molecular weight excluding hydrogens is 342 g/mol. The summed E-state index contributed by atoms with van der Waals surface area (Å²) in [5.74, 6) is -0.744. The number of ketones is 1. The van der Waals surface area contributed by atoms with Crippen LogP contribution in [-0.4, -0.2) is 23.3 Å². The minimum Gasteiger partial charge on any atom is -0.461 e. The first kappa shape index (κ1) is 17.2. The minimum absolute atomic E-state index is 0.136. The van der Waals surface area contributed by atoms with E-state index in [0.29, 0.717) is 24.2 Å². The summed E-state index contributed by atoms with van der Waals surface area (Å²) in [6, 6.07) is 20.1. The zero-order valence-electron chi connectivity index (χ0n) is 14.7. The monoisotopic (exact) mass is 361 g/mol. The zero-order valence-corrected chi connectivity index (χ0v) is 14.7. The van der Waals surface area contributed by atoms with Crippen molar-refractivity contribution in [3.63, 3.8) is 0 Å². The molecular formula is C22H19NO4. The van der Waals surface area contributed by atoms with Gasteiger partial charge in [-0.3, -0.25) is 9.59 Å². The first-order valence-electron chi connectivity index (χ1n) is 8.84. The largest absolute Gasteiger partial charge is 0.461 e. The molecule has 1 N–H and O–H groups in total. The Morgan fingerprint density at radius 2 is 1.74 bits per heavy atom. The van der Waals surface area contributed by atoms with Crippen molar-refractivity contribution in [1.29, 1.82) is 0 Å². The van der Waals surface area contributed by atoms with Gasteiger partial charge in [-0.1, -0.05) is 48.5 Å². The van der Waals surface area contributed by atoms with Crippen LogP contribution in [0.15, 0.2) is 77.4 Å². The van der Waals surface area contributed by atoms with Crippen LogP contribution in [-0.2, 0) is 16.8 Å². The fraction of sp³-hybridized carbons (Fsp3) is 0.182. The van der Waals surface area contributed by atoms with Crippen molar-refractivity contribution in [2.45, 2.75) is 18.4 Å². The van der Waals surface area contributed by atoms with Crippen molar-refractivity contribution in [1.82, 2.24) is 0 Å². The summed E-state index contributed by atoms with van der Waals surface area (Å²) in [4.78, 5) is 27.2. The number of para-hydroxylation sites is 1. The lowest BCUT2D eigenvalue weighted by atomic mass is 9.89. The first-order valence-corrected chi connectivity index (χ1v) is 8.84. The lowest BCUT2D eigenvalue weighted by molar-refractivity contribution is -0.135. The van der Waals surface area contributed by atoms with Crippen molar-refractivity contribution < 1.29 is 19.1 Å². The molecule has 1 aliphatic rings. The Morgan fingerprint density at radius 1 is 1.00 bits per heavy atom. The van der Waals surface area contributed by atoms with Gasteiger partial charge in [-0.15, -0.1) is 0 Å². The molecule has 0 fully saturated rings. The van der Waals surface area contributed by atoms with Crippen LogP contribution in [0.5, 0.6) is 0 Å². The molecule has 136 valence electrons. The van der Waals surface area contributed by atoms with Crippen LogP contribution in [0, 0.1) is 0 Å². The molecule has 0 bridgehead atoms. The molecule has 5 heteroatoms. The molecule has 0 aliphatic carbocycles. The predicted molar refractivity (Wildman–Crippen MR) is 100 cm³/mol. The summed E-state index contributed by atoms with van der Waals surface area (Å²) >= 11 is 0. The number of hydrogen-bond acceptors (Lipinski definition) is 4. The molecule has 1 amide bonds. The van der Waals surface area contributed by atoms with Gasteiger partial charge in [0.2, 0.25) is 5.78 Å². The number of carbonyl (C=O) groups excluding carboxylic acids is 2. The fourth-order valence-corrected chi connectivity index (χ4v) is 3.54. The van der Waals surface area contributed by atoms with E-state index >= 15 is 0 Å². The van der Waals surface area contributed by atoms with Crippen molar-refractivity contribution in [2.24, 2.45) is 0 Å². The van der Waals surface area contributed by atoms with E-state index < -0.39 is 17.3 Å². The fourth-order valence-electron chi connectivity index (χ4n) is 3.54. The quantitative estimate of drug-likeness (QED) is 0.684. The first-order chi connectivity index (χ1) is 13.1. The lowest BCUT2D eigenvalue weighted by Gasteiger charge is -2.22. The molecule has 4 rings (SSSR count). The molecule has 3 aromatic rings. The van der Waals surface area contributed by atoms with Gasteiger partial charge in [-0.05, 0) is 30.2 Å². The van der Waals surface area contributed by atoms with E-state index in [9.17, 15) is 14.7 Å². The molecule has 1 aromatic heterocycles. The van der Waals surface area contributed by atoms with Crippen molar-refractivity contribution in [2.75, 3.05) is 11.4 Å². The minimum atomic E-state index is -1.88. The molecule has 27 heavy (non-hydrogen) atoms. The molecule has 1 atom stereocenters. The number of hydrogen-bond donors (Lipinski definition) is 1. The predicted octanol–water partition coefficient (Wildman–Crippen LogP) is 3.33. The number of furan rings is 1. The number of carbonyl (C=O) groups is 2. The summed E-state index contributed by atoms with van der Waals surface area (Å²) in [6.45, 7) is 0.428. The Bertz CT molecular complexity index is 965. The molecule has 0 saturated carbocycles. The van der Waals surface area contributed by atoms with Gasteiger partial charge in [0.15, 0.2) is 11.4 Å². The second kappa shape index (κ2) is 6.85. The van der Waals surface area contributed by atoms with Gasteiger partial charge in [-0.2, -0.15) is 0 Å². The molecule has 0 saturated heterocycles. The van der Waals surface area contributed by atoms with Crippen LogP contribution in [0.2, 0.25) is 0 Å². The van der Waals surface area contributed by atoms with E-state index in [1.165, 1.54) is 12.3 Å². The second-order valence-electron chi connectivity index (χ2n) is 6.65. The number of nitrogens with zero attached hydrogens (tertiary/aromatic N) is 1. The SMILES string of the molecule is O=C(C[C@]1(O)C(=O)N(CCc2ccccc2)c2ccccc21)c1ccco1. The van der Waals surface area contributed by atoms with E-state index in [1.807, 2.05) is 36.4 Å². The molecule has 2 heterocycles. The van der Waals surface area contributed by atoms with Gasteiger partial charge < -0.3 is 14.4 Å². The number of fused-ring (bicyclic) bond motifs is 1. The third-order valence-electron chi connectivity index (χ3n) is 4.92. The van der Waals surface area contributed by atoms with Crippen LogP contribution >= 0.6 is 0 Å². The molecule has 0 unspecified atom stereocenters. The molecule has 0 radical (unpaired) electrons. The highest BCUT2D eigenvalue weighted by Gasteiger charge is 2.50. The standard InChI is InChI=1S/C22H19NO4/c24-19(20-11-6-14-27-20)15-22(26)17-9-4-5-10-18(17)23(21(22)25)13-12-16-7-2-1-3-8-16/h1-11,14,26H,12-13,15H2/t22-/m1/s1. The molecule has 0 spiro atoms. The van der Waals surface area contributed by atoms with Gasteiger partial charge in [0.1, 0.15) is 0 Å². The topological polar surface area (TPSA) is 70.8 Å². The highest BCUT2D eigenvalue weighted by molar-refractivity contribution is 6.10. The van der Waals surface area contributed by atoms with E-state index in [4.69, 9.17) is 4.42 Å². The van der Waals surface area contributed by atoms with Crippen LogP contribution < -0.4 is 4.90 Å². The van der Waals surface area contributed by atoms with Gasteiger partial charge in [0.25, 0.3) is 5.91 Å². The van der Waals surface area contributed by atoms with Gasteiger partial charge in [0, 0.05) is 12.1 Å². The van der Waals surface area contributed by atoms with Crippen molar-refractivity contribution in [3.8, 4) is 0 Å². The highest BCUT2D eigenvalue weighted by Crippen LogP contribution is 2.42. The highest BCUT2D eigenvalue weighted by atomic mass is 16.3. The van der Waals surface area contributed by atoms with E-state index in [0.717, 1.165) is 5.56 Å². The maximum Gasteiger partial charge on any atom is 0.264 e. The second-order valence-corrected chi connectivity index (χ2v) is 6.65. The Kier molecular flexibility index (Phi) is 4.38. The summed E-state index contributed by atoms with van der Waals surface area (Å²) in [5, 5.41) is 11.2. The number of aliphatic hydroxyl groups is 1. The Labute approximate surface area is 156 Å². The van der Waals surface area contributed by atoms with Crippen molar-refractivity contribution in [3.05, 3.63) is 89.9 Å². The van der Waals surface area contributed by atoms with Crippen molar-refractivity contribution >= 4 is 17.4 Å². The number of anilines is 1. The number of Topliss-reactive ketones (excluding diaryl/α,β-unsaturated/α-hetero) is 1. The van der Waals surface area contributed by atoms with Crippen LogP contribution in [0.25, 0.3) is 0 Å². The van der Waals surface area contributed by atoms with Gasteiger partial charge >= 0.3 is 0 Å². The maximum atomic E-state index is 13.1. The zero-order chi connectivity index (χ0) is 18.9. The smallest absolute Gasteiger partial charge is 0.264 e. The molecule has 1 aliphatic heterocycles. The lowest BCUT2D eigenvalue weighted by Crippen LogP contribution is -2.42. The van der Waals surface area contributed by atoms with E-state index in [1.54, 1.807) is 29.2 Å². The maximum absolute atomic E-state index is 13.1. The summed E-state index contributed by atoms with van der Waals surface area (Å²) in [7, 11) is 0. The Hall–Kier alpha value is -3.18. The van der Waals surface area contributed by atoms with Crippen LogP contribution in [0.1, 0.15) is 28.1 Å². The normalized spacial score (nSPS) is 18.6. The van der Waals surface area contributed by atoms with E-state index in [2.05, 4.69) is 0 Å². The van der Waals surface area contributed by atoms with E-state index in [-0.39, 0.29) is 12.2 Å². The summed E-state index contributed by atoms with van der Waals surface area (Å²) < 4.78 is 5.12. The van der Waals surface area contributed by atoms with Crippen LogP contribution in [0.3, 0.4) is 0 Å². The molecule has 2 aromatic carbocycles. The third-order valence-corrected chi connectivity index (χ3v) is 4.92.